The molecule has 2 atom stereocenters. The molecule has 5 rings (SSSR count). The average molecular weight is 418 g/mol. The highest BCUT2D eigenvalue weighted by atomic mass is 16.4. The lowest BCUT2D eigenvalue weighted by molar-refractivity contribution is -0.142. The van der Waals surface area contributed by atoms with Crippen LogP contribution in [0.1, 0.15) is 40.4 Å². The number of para-hydroxylation sites is 1. The first-order chi connectivity index (χ1) is 15.0. The number of carbonyl (C=O) groups excluding carboxylic acids is 2. The van der Waals surface area contributed by atoms with E-state index in [1.54, 1.807) is 24.4 Å². The average Bonchev–Trinajstić information content (AvgIpc) is 3.32. The van der Waals surface area contributed by atoms with Crippen LogP contribution in [0, 0.1) is 5.92 Å². The zero-order valence-electron chi connectivity index (χ0n) is 16.6. The van der Waals surface area contributed by atoms with Crippen LogP contribution in [0.15, 0.2) is 48.7 Å². The summed E-state index contributed by atoms with van der Waals surface area (Å²) in [6.45, 7) is 0. The highest BCUT2D eigenvalue weighted by Crippen LogP contribution is 2.37. The molecule has 3 amide bonds. The maximum absolute atomic E-state index is 13.1. The number of urea groups is 1. The smallest absolute Gasteiger partial charge is 0.319 e. The topological polar surface area (TPSA) is 123 Å². The van der Waals surface area contributed by atoms with E-state index < -0.39 is 17.9 Å². The van der Waals surface area contributed by atoms with Crippen molar-refractivity contribution in [2.45, 2.75) is 31.3 Å². The first kappa shape index (κ1) is 19.2. The van der Waals surface area contributed by atoms with Gasteiger partial charge in [-0.05, 0) is 36.5 Å². The number of aromatic amines is 1. The van der Waals surface area contributed by atoms with E-state index >= 15 is 0 Å². The standard InChI is InChI=1S/C23H22N4O4/c28-21(27-19-14-5-2-1-4-12(14)10-16(19)22(29)30)17-11-24-20-15(17)6-3-7-18(20)26-23(31)25-13-8-9-13/h1-7,11,13,16,19,24H,8-10H2,(H,27,28)(H,29,30)(H2,25,26,31)/t16-,19+/m1/s1. The highest BCUT2D eigenvalue weighted by Gasteiger charge is 2.38. The molecule has 0 saturated heterocycles. The van der Waals surface area contributed by atoms with Crippen LogP contribution in [-0.2, 0) is 11.2 Å². The van der Waals surface area contributed by atoms with E-state index in [2.05, 4.69) is 20.9 Å². The molecule has 1 aromatic heterocycles. The van der Waals surface area contributed by atoms with Crippen molar-refractivity contribution in [2.75, 3.05) is 5.32 Å². The molecule has 0 spiro atoms. The third kappa shape index (κ3) is 3.61. The van der Waals surface area contributed by atoms with Crippen molar-refractivity contribution in [2.24, 2.45) is 5.92 Å². The molecule has 31 heavy (non-hydrogen) atoms. The number of carboxylic acid groups (broad SMARTS) is 1. The molecule has 0 bridgehead atoms. The first-order valence-electron chi connectivity index (χ1n) is 10.3. The Morgan fingerprint density at radius 1 is 1.00 bits per heavy atom. The highest BCUT2D eigenvalue weighted by molar-refractivity contribution is 6.11. The number of aliphatic carboxylic acids is 1. The number of benzene rings is 2. The SMILES string of the molecule is O=C(Nc1cccc2c(C(=O)N[C@H]3c4ccccc4C[C@H]3C(=O)O)c[nH]c12)NC1CC1. The molecule has 1 saturated carbocycles. The first-order valence-corrected chi connectivity index (χ1v) is 10.3. The Hall–Kier alpha value is -3.81. The number of rotatable bonds is 5. The van der Waals surface area contributed by atoms with Crippen LogP contribution in [0.3, 0.4) is 0 Å². The number of fused-ring (bicyclic) bond motifs is 2. The Kier molecular flexibility index (Phi) is 4.62. The van der Waals surface area contributed by atoms with E-state index in [-0.39, 0.29) is 18.0 Å². The van der Waals surface area contributed by atoms with Gasteiger partial charge in [0, 0.05) is 17.6 Å². The summed E-state index contributed by atoms with van der Waals surface area (Å²) in [5.41, 5.74) is 3.38. The predicted molar refractivity (Wildman–Crippen MR) is 115 cm³/mol. The summed E-state index contributed by atoms with van der Waals surface area (Å²) in [4.78, 5) is 40.1. The summed E-state index contributed by atoms with van der Waals surface area (Å²) in [6, 6.07) is 12.2. The minimum Gasteiger partial charge on any atom is -0.481 e. The van der Waals surface area contributed by atoms with Crippen LogP contribution in [-0.4, -0.2) is 34.0 Å². The lowest BCUT2D eigenvalue weighted by atomic mass is 10.00. The molecule has 1 fully saturated rings. The Balaban J connectivity index is 1.40. The molecule has 158 valence electrons. The van der Waals surface area contributed by atoms with Gasteiger partial charge in [-0.1, -0.05) is 36.4 Å². The van der Waals surface area contributed by atoms with E-state index in [9.17, 15) is 19.5 Å². The monoisotopic (exact) mass is 418 g/mol. The molecule has 0 radical (unpaired) electrons. The second kappa shape index (κ2) is 7.46. The van der Waals surface area contributed by atoms with Crippen molar-refractivity contribution < 1.29 is 19.5 Å². The molecule has 2 aromatic carbocycles. The third-order valence-electron chi connectivity index (χ3n) is 5.96. The van der Waals surface area contributed by atoms with Gasteiger partial charge in [-0.3, -0.25) is 9.59 Å². The van der Waals surface area contributed by atoms with Crippen LogP contribution in [0.2, 0.25) is 0 Å². The van der Waals surface area contributed by atoms with Crippen molar-refractivity contribution in [3.05, 3.63) is 65.4 Å². The van der Waals surface area contributed by atoms with E-state index in [1.165, 1.54) is 0 Å². The number of nitrogens with one attached hydrogen (secondary N) is 4. The van der Waals surface area contributed by atoms with Crippen molar-refractivity contribution in [3.8, 4) is 0 Å². The molecular formula is C23H22N4O4. The van der Waals surface area contributed by atoms with Gasteiger partial charge in [-0.15, -0.1) is 0 Å². The number of carbonyl (C=O) groups is 3. The van der Waals surface area contributed by atoms with Crippen molar-refractivity contribution >= 4 is 34.5 Å². The van der Waals surface area contributed by atoms with Crippen LogP contribution in [0.25, 0.3) is 10.9 Å². The molecule has 3 aromatic rings. The van der Waals surface area contributed by atoms with Crippen molar-refractivity contribution in [1.82, 2.24) is 15.6 Å². The van der Waals surface area contributed by atoms with E-state index in [4.69, 9.17) is 0 Å². The van der Waals surface area contributed by atoms with E-state index in [0.717, 1.165) is 24.0 Å². The minimum atomic E-state index is -0.936. The maximum Gasteiger partial charge on any atom is 0.319 e. The minimum absolute atomic E-state index is 0.237. The molecule has 0 aliphatic heterocycles. The lowest BCUT2D eigenvalue weighted by Crippen LogP contribution is -2.34. The zero-order valence-corrected chi connectivity index (χ0v) is 16.6. The van der Waals surface area contributed by atoms with E-state index in [1.807, 2.05) is 24.3 Å². The number of amides is 3. The summed E-state index contributed by atoms with van der Waals surface area (Å²) < 4.78 is 0. The number of hydrogen-bond donors (Lipinski definition) is 5. The van der Waals surface area contributed by atoms with Gasteiger partial charge in [0.15, 0.2) is 0 Å². The molecular weight excluding hydrogens is 396 g/mol. The van der Waals surface area contributed by atoms with Crippen molar-refractivity contribution in [3.63, 3.8) is 0 Å². The quantitative estimate of drug-likeness (QED) is 0.437. The summed E-state index contributed by atoms with van der Waals surface area (Å²) in [5, 5.41) is 18.9. The van der Waals surface area contributed by atoms with Gasteiger partial charge in [0.05, 0.1) is 28.7 Å². The molecule has 5 N–H and O–H groups in total. The summed E-state index contributed by atoms with van der Waals surface area (Å²) in [7, 11) is 0. The van der Waals surface area contributed by atoms with E-state index in [0.29, 0.717) is 28.6 Å². The third-order valence-corrected chi connectivity index (χ3v) is 5.96. The molecule has 1 heterocycles. The van der Waals surface area contributed by atoms with Gasteiger partial charge in [0.1, 0.15) is 0 Å². The van der Waals surface area contributed by atoms with Gasteiger partial charge >= 0.3 is 12.0 Å². The van der Waals surface area contributed by atoms with Gasteiger partial charge in [-0.25, -0.2) is 4.79 Å². The second-order valence-electron chi connectivity index (χ2n) is 8.10. The fourth-order valence-corrected chi connectivity index (χ4v) is 4.24. The van der Waals surface area contributed by atoms with Crippen LogP contribution < -0.4 is 16.0 Å². The molecule has 2 aliphatic carbocycles. The summed E-state index contributed by atoms with van der Waals surface area (Å²) in [6.07, 6.45) is 3.95. The molecule has 2 aliphatic rings. The Bertz CT molecular complexity index is 1200. The van der Waals surface area contributed by atoms with Crippen molar-refractivity contribution in [1.29, 1.82) is 0 Å². The van der Waals surface area contributed by atoms with Gasteiger partial charge in [0.2, 0.25) is 0 Å². The summed E-state index contributed by atoms with van der Waals surface area (Å²) >= 11 is 0. The molecule has 0 unspecified atom stereocenters. The van der Waals surface area contributed by atoms with Gasteiger partial charge in [0.25, 0.3) is 5.91 Å². The number of carboxylic acids is 1. The predicted octanol–water partition coefficient (Wildman–Crippen LogP) is 3.18. The Labute approximate surface area is 178 Å². The largest absolute Gasteiger partial charge is 0.481 e. The number of anilines is 1. The molecule has 8 nitrogen and oxygen atoms in total. The Morgan fingerprint density at radius 2 is 1.81 bits per heavy atom. The lowest BCUT2D eigenvalue weighted by Gasteiger charge is -2.19. The summed E-state index contributed by atoms with van der Waals surface area (Å²) in [5.74, 6) is -2.01. The fourth-order valence-electron chi connectivity index (χ4n) is 4.24. The number of H-pyrrole nitrogens is 1. The fraction of sp³-hybridized carbons (Fsp3) is 0.261. The van der Waals surface area contributed by atoms with Crippen LogP contribution in [0.4, 0.5) is 10.5 Å². The number of aromatic nitrogens is 1. The normalized spacial score (nSPS) is 19.6. The van der Waals surface area contributed by atoms with Crippen LogP contribution >= 0.6 is 0 Å². The number of hydrogen-bond acceptors (Lipinski definition) is 3. The maximum atomic E-state index is 13.1. The second-order valence-corrected chi connectivity index (χ2v) is 8.10. The van der Waals surface area contributed by atoms with Crippen LogP contribution in [0.5, 0.6) is 0 Å². The Morgan fingerprint density at radius 3 is 2.58 bits per heavy atom. The molecule has 8 heteroatoms. The van der Waals surface area contributed by atoms with Gasteiger partial charge < -0.3 is 26.0 Å². The zero-order chi connectivity index (χ0) is 21.5. The van der Waals surface area contributed by atoms with Gasteiger partial charge in [-0.2, -0.15) is 0 Å².